The number of aromatic nitrogens is 1. The quantitative estimate of drug-likeness (QED) is 0.714. The highest BCUT2D eigenvalue weighted by atomic mass is 32.1. The number of hydrogen-bond acceptors (Lipinski definition) is 6. The third kappa shape index (κ3) is 5.05. The molecule has 0 radical (unpaired) electrons. The number of hydrogen-bond donors (Lipinski definition) is 1. The number of carbonyl (C=O) groups excluding carboxylic acids is 2. The first-order chi connectivity index (χ1) is 12.4. The molecule has 0 aliphatic carbocycles. The summed E-state index contributed by atoms with van der Waals surface area (Å²) in [6.45, 7) is 5.95. The minimum atomic E-state index is -1.04. The second-order valence-electron chi connectivity index (χ2n) is 6.20. The molecule has 0 saturated carbocycles. The summed E-state index contributed by atoms with van der Waals surface area (Å²) >= 11 is 1.58. The first-order valence-corrected chi connectivity index (χ1v) is 9.30. The molecule has 1 aromatic heterocycles. The topological polar surface area (TPSA) is 77.5 Å². The van der Waals surface area contributed by atoms with Crippen molar-refractivity contribution in [1.82, 2.24) is 10.3 Å². The van der Waals surface area contributed by atoms with E-state index in [1.165, 1.54) is 7.11 Å². The minimum Gasteiger partial charge on any atom is -0.487 e. The highest BCUT2D eigenvalue weighted by molar-refractivity contribution is 7.09. The van der Waals surface area contributed by atoms with Crippen LogP contribution in [0.15, 0.2) is 29.6 Å². The Labute approximate surface area is 157 Å². The van der Waals surface area contributed by atoms with Crippen LogP contribution in [-0.2, 0) is 16.1 Å². The van der Waals surface area contributed by atoms with Crippen molar-refractivity contribution in [2.45, 2.75) is 45.8 Å². The zero-order valence-electron chi connectivity index (χ0n) is 15.5. The summed E-state index contributed by atoms with van der Waals surface area (Å²) in [5.74, 6) is -0.129. The van der Waals surface area contributed by atoms with Crippen molar-refractivity contribution in [1.29, 1.82) is 0 Å². The maximum absolute atomic E-state index is 12.5. The Hall–Kier alpha value is -2.41. The van der Waals surface area contributed by atoms with Gasteiger partial charge in [-0.15, -0.1) is 11.3 Å². The van der Waals surface area contributed by atoms with Crippen LogP contribution in [-0.4, -0.2) is 29.5 Å². The molecule has 0 aliphatic heterocycles. The van der Waals surface area contributed by atoms with Crippen molar-refractivity contribution in [3.63, 3.8) is 0 Å². The molecular weight excluding hydrogens is 352 g/mol. The molecule has 2 aromatic rings. The first-order valence-electron chi connectivity index (χ1n) is 8.42. The lowest BCUT2D eigenvalue weighted by molar-refractivity contribution is -0.147. The van der Waals surface area contributed by atoms with Crippen LogP contribution < -0.4 is 10.1 Å². The van der Waals surface area contributed by atoms with E-state index in [1.807, 2.05) is 19.2 Å². The highest BCUT2D eigenvalue weighted by Crippen LogP contribution is 2.18. The molecule has 140 valence electrons. The molecule has 0 spiro atoms. The number of aryl methyl sites for hydroxylation is 1. The largest absolute Gasteiger partial charge is 0.487 e. The zero-order valence-corrected chi connectivity index (χ0v) is 16.3. The van der Waals surface area contributed by atoms with Gasteiger partial charge in [0.2, 0.25) is 0 Å². The van der Waals surface area contributed by atoms with E-state index in [1.54, 1.807) is 42.5 Å². The number of methoxy groups -OCH3 is 1. The lowest BCUT2D eigenvalue weighted by Crippen LogP contribution is -2.52. The summed E-state index contributed by atoms with van der Waals surface area (Å²) in [5, 5.41) is 5.73. The summed E-state index contributed by atoms with van der Waals surface area (Å²) in [5.41, 5.74) is 0.286. The van der Waals surface area contributed by atoms with Gasteiger partial charge in [-0.05, 0) is 44.5 Å². The number of ether oxygens (including phenoxy) is 2. The van der Waals surface area contributed by atoms with Gasteiger partial charge < -0.3 is 14.8 Å². The summed E-state index contributed by atoms with van der Waals surface area (Å²) in [7, 11) is 1.32. The minimum absolute atomic E-state index is 0.326. The van der Waals surface area contributed by atoms with Gasteiger partial charge in [0.1, 0.15) is 17.9 Å². The maximum Gasteiger partial charge on any atom is 0.331 e. The van der Waals surface area contributed by atoms with Gasteiger partial charge in [-0.25, -0.2) is 9.78 Å². The molecule has 2 rings (SSSR count). The Morgan fingerprint density at radius 2 is 1.96 bits per heavy atom. The Kier molecular flexibility index (Phi) is 6.74. The van der Waals surface area contributed by atoms with E-state index in [4.69, 9.17) is 9.47 Å². The number of esters is 1. The van der Waals surface area contributed by atoms with Crippen molar-refractivity contribution in [3.8, 4) is 5.75 Å². The molecule has 0 fully saturated rings. The van der Waals surface area contributed by atoms with Crippen molar-refractivity contribution in [2.75, 3.05) is 7.11 Å². The van der Waals surface area contributed by atoms with E-state index in [2.05, 4.69) is 10.3 Å². The van der Waals surface area contributed by atoms with Crippen LogP contribution in [0.2, 0.25) is 0 Å². The number of thiazole rings is 1. The molecule has 1 unspecified atom stereocenters. The molecule has 0 aliphatic rings. The van der Waals surface area contributed by atoms with Gasteiger partial charge in [-0.1, -0.05) is 13.3 Å². The van der Waals surface area contributed by atoms with E-state index >= 15 is 0 Å². The molecule has 6 nitrogen and oxygen atoms in total. The average Bonchev–Trinajstić information content (AvgIpc) is 3.05. The maximum atomic E-state index is 12.5. The Morgan fingerprint density at radius 3 is 2.50 bits per heavy atom. The molecule has 1 atom stereocenters. The fraction of sp³-hybridized carbons (Fsp3) is 0.421. The summed E-state index contributed by atoms with van der Waals surface area (Å²) in [6, 6.07) is 6.79. The average molecular weight is 376 g/mol. The summed E-state index contributed by atoms with van der Waals surface area (Å²) < 4.78 is 10.5. The second kappa shape index (κ2) is 8.80. The van der Waals surface area contributed by atoms with Gasteiger partial charge in [0.25, 0.3) is 5.91 Å². The zero-order chi connectivity index (χ0) is 19.2. The molecule has 1 N–H and O–H groups in total. The van der Waals surface area contributed by atoms with Crippen LogP contribution in [0.5, 0.6) is 5.75 Å². The van der Waals surface area contributed by atoms with Crippen molar-refractivity contribution in [2.24, 2.45) is 0 Å². The van der Waals surface area contributed by atoms with Gasteiger partial charge in [-0.2, -0.15) is 0 Å². The molecule has 0 saturated heterocycles. The Bertz CT molecular complexity index is 757. The third-order valence-electron chi connectivity index (χ3n) is 3.95. The lowest BCUT2D eigenvalue weighted by atomic mass is 9.95. The van der Waals surface area contributed by atoms with Gasteiger partial charge in [0, 0.05) is 10.9 Å². The molecule has 1 amide bonds. The number of nitrogens with zero attached hydrogens (tertiary/aromatic N) is 1. The molecule has 0 bridgehead atoms. The van der Waals surface area contributed by atoms with Gasteiger partial charge in [-0.3, -0.25) is 4.79 Å². The number of carbonyl (C=O) groups is 2. The number of nitrogens with one attached hydrogen (secondary N) is 1. The van der Waals surface area contributed by atoms with Gasteiger partial charge in [0.05, 0.1) is 17.8 Å². The van der Waals surface area contributed by atoms with Crippen LogP contribution in [0.1, 0.15) is 47.7 Å². The van der Waals surface area contributed by atoms with Crippen molar-refractivity contribution in [3.05, 3.63) is 45.9 Å². The fourth-order valence-electron chi connectivity index (χ4n) is 2.60. The fourth-order valence-corrected chi connectivity index (χ4v) is 3.20. The molecule has 1 heterocycles. The smallest absolute Gasteiger partial charge is 0.331 e. The molecular formula is C19H24N2O4S. The Morgan fingerprint density at radius 1 is 1.27 bits per heavy atom. The number of amides is 1. The van der Waals surface area contributed by atoms with Crippen molar-refractivity contribution < 1.29 is 19.1 Å². The SMILES string of the molecule is CCCC(C)(NC(=O)c1ccc(OCc2csc(C)n2)cc1)C(=O)OC. The summed E-state index contributed by atoms with van der Waals surface area (Å²) in [4.78, 5) is 28.8. The standard InChI is InChI=1S/C19H24N2O4S/c1-5-10-19(3,18(23)24-4)21-17(22)14-6-8-16(9-7-14)25-11-15-12-26-13(2)20-15/h6-9,12H,5,10-11H2,1-4H3,(H,21,22). The van der Waals surface area contributed by atoms with E-state index in [-0.39, 0.29) is 5.91 Å². The lowest BCUT2D eigenvalue weighted by Gasteiger charge is -2.27. The second-order valence-corrected chi connectivity index (χ2v) is 7.26. The van der Waals surface area contributed by atoms with Crippen molar-refractivity contribution >= 4 is 23.2 Å². The number of benzene rings is 1. The summed E-state index contributed by atoms with van der Waals surface area (Å²) in [6.07, 6.45) is 1.24. The third-order valence-corrected chi connectivity index (χ3v) is 4.77. The Balaban J connectivity index is 1.99. The molecule has 7 heteroatoms. The van der Waals surface area contributed by atoms with Gasteiger partial charge in [0.15, 0.2) is 0 Å². The van der Waals surface area contributed by atoms with Crippen LogP contribution in [0.25, 0.3) is 0 Å². The van der Waals surface area contributed by atoms with E-state index in [0.717, 1.165) is 17.1 Å². The predicted octanol–water partition coefficient (Wildman–Crippen LogP) is 3.49. The highest BCUT2D eigenvalue weighted by Gasteiger charge is 2.35. The number of rotatable bonds is 8. The van der Waals surface area contributed by atoms with Crippen LogP contribution in [0.4, 0.5) is 0 Å². The van der Waals surface area contributed by atoms with Crippen LogP contribution >= 0.6 is 11.3 Å². The predicted molar refractivity (Wildman–Crippen MR) is 100 cm³/mol. The molecule has 1 aromatic carbocycles. The monoisotopic (exact) mass is 376 g/mol. The first kappa shape index (κ1) is 19.9. The van der Waals surface area contributed by atoms with E-state index < -0.39 is 11.5 Å². The van der Waals surface area contributed by atoms with Crippen LogP contribution in [0, 0.1) is 6.92 Å². The normalized spacial score (nSPS) is 12.9. The van der Waals surface area contributed by atoms with Crippen LogP contribution in [0.3, 0.4) is 0 Å². The van der Waals surface area contributed by atoms with Gasteiger partial charge >= 0.3 is 5.97 Å². The van der Waals surface area contributed by atoms with E-state index in [9.17, 15) is 9.59 Å². The molecule has 26 heavy (non-hydrogen) atoms. The van der Waals surface area contributed by atoms with E-state index in [0.29, 0.717) is 24.3 Å².